The maximum atomic E-state index is 13.1. The predicted molar refractivity (Wildman–Crippen MR) is 117 cm³/mol. The molecule has 9 heteroatoms. The number of nitrogens with zero attached hydrogens (tertiary/aromatic N) is 2. The van der Waals surface area contributed by atoms with Gasteiger partial charge in [-0.1, -0.05) is 6.07 Å². The Kier molecular flexibility index (Phi) is 6.51. The molecule has 1 saturated heterocycles. The summed E-state index contributed by atoms with van der Waals surface area (Å²) in [5, 5.41) is 7.48. The number of esters is 1. The Labute approximate surface area is 177 Å². The minimum Gasteiger partial charge on any atom is -0.469 e. The molecule has 30 heavy (non-hydrogen) atoms. The summed E-state index contributed by atoms with van der Waals surface area (Å²) in [4.78, 5) is 28.3. The Morgan fingerprint density at radius 2 is 1.83 bits per heavy atom. The normalized spacial score (nSPS) is 14.7. The van der Waals surface area contributed by atoms with Gasteiger partial charge in [-0.25, -0.2) is 4.79 Å². The van der Waals surface area contributed by atoms with E-state index in [0.29, 0.717) is 41.3 Å². The zero-order valence-corrected chi connectivity index (χ0v) is 17.7. The second-order valence-corrected chi connectivity index (χ2v) is 8.23. The first-order valence-electron chi connectivity index (χ1n) is 9.38. The van der Waals surface area contributed by atoms with Crippen LogP contribution in [0.15, 0.2) is 47.4 Å². The lowest BCUT2D eigenvalue weighted by Crippen LogP contribution is -2.32. The van der Waals surface area contributed by atoms with Crippen molar-refractivity contribution >= 4 is 40.0 Å². The molecule has 3 N–H and O–H groups in total. The number of nitrogens with one attached hydrogen (secondary N) is 1. The predicted octanol–water partition coefficient (Wildman–Crippen LogP) is 2.26. The van der Waals surface area contributed by atoms with E-state index in [4.69, 9.17) is 11.1 Å². The quantitative estimate of drug-likeness (QED) is 0.399. The van der Waals surface area contributed by atoms with Gasteiger partial charge in [-0.15, -0.1) is 0 Å². The molecular formula is C21H24N4O4S. The smallest absolute Gasteiger partial charge is 0.329 e. The standard InChI is InChI=1S/C21H24N4O4S/c1-29-19(26)10-4-14-3-9-17(18(13-14)30(2)28)25-12-11-24(21(25)27)16-7-5-15(6-8-16)20(22)23/h3,5-9,13H,4,10-12H2,1-2H3,(H3,22,23). The number of benzene rings is 2. The van der Waals surface area contributed by atoms with E-state index in [9.17, 15) is 13.8 Å². The SMILES string of the molecule is COC(=O)CCc1ccc(N2CCN(c3ccc(C(=N)N)cc3)C2=O)c(S(C)=O)c1. The summed E-state index contributed by atoms with van der Waals surface area (Å²) in [6, 6.07) is 12.1. The third-order valence-corrected chi connectivity index (χ3v) is 5.92. The van der Waals surface area contributed by atoms with Gasteiger partial charge in [-0.2, -0.15) is 0 Å². The Bertz CT molecular complexity index is 1010. The highest BCUT2D eigenvalue weighted by molar-refractivity contribution is 7.84. The van der Waals surface area contributed by atoms with Gasteiger partial charge in [0.05, 0.1) is 28.5 Å². The van der Waals surface area contributed by atoms with Crippen LogP contribution in [0.3, 0.4) is 0 Å². The summed E-state index contributed by atoms with van der Waals surface area (Å²) >= 11 is 0. The lowest BCUT2D eigenvalue weighted by atomic mass is 10.1. The maximum absolute atomic E-state index is 13.1. The van der Waals surface area contributed by atoms with Crippen LogP contribution in [0, 0.1) is 5.41 Å². The highest BCUT2D eigenvalue weighted by atomic mass is 32.2. The number of anilines is 2. The van der Waals surface area contributed by atoms with Gasteiger partial charge < -0.3 is 10.5 Å². The Balaban J connectivity index is 1.83. The van der Waals surface area contributed by atoms with Crippen LogP contribution in [-0.2, 0) is 26.8 Å². The Morgan fingerprint density at radius 3 is 2.43 bits per heavy atom. The third-order valence-electron chi connectivity index (χ3n) is 4.97. The van der Waals surface area contributed by atoms with E-state index < -0.39 is 10.8 Å². The van der Waals surface area contributed by atoms with E-state index in [0.717, 1.165) is 5.56 Å². The van der Waals surface area contributed by atoms with E-state index >= 15 is 0 Å². The minimum atomic E-state index is -1.31. The average molecular weight is 429 g/mol. The number of rotatable bonds is 7. The molecule has 0 aliphatic carbocycles. The first-order valence-corrected chi connectivity index (χ1v) is 10.9. The molecule has 1 unspecified atom stereocenters. The summed E-state index contributed by atoms with van der Waals surface area (Å²) in [5.41, 5.74) is 8.25. The van der Waals surface area contributed by atoms with Gasteiger partial charge in [0.2, 0.25) is 0 Å². The second kappa shape index (κ2) is 9.08. The van der Waals surface area contributed by atoms with Crippen molar-refractivity contribution in [2.75, 3.05) is 36.3 Å². The number of urea groups is 1. The van der Waals surface area contributed by atoms with Gasteiger partial charge in [0.25, 0.3) is 0 Å². The van der Waals surface area contributed by atoms with Gasteiger partial charge in [-0.05, 0) is 48.4 Å². The van der Waals surface area contributed by atoms with Crippen LogP contribution in [-0.4, -0.2) is 48.5 Å². The van der Waals surface area contributed by atoms with Crippen LogP contribution in [0.1, 0.15) is 17.5 Å². The van der Waals surface area contributed by atoms with Crippen LogP contribution in [0.25, 0.3) is 0 Å². The third kappa shape index (κ3) is 4.51. The molecule has 0 saturated carbocycles. The topological polar surface area (TPSA) is 117 Å². The van der Waals surface area contributed by atoms with Crippen molar-refractivity contribution in [3.8, 4) is 0 Å². The first-order chi connectivity index (χ1) is 14.3. The fraction of sp³-hybridized carbons (Fsp3) is 0.286. The van der Waals surface area contributed by atoms with E-state index in [1.165, 1.54) is 7.11 Å². The Hall–Kier alpha value is -3.20. The monoisotopic (exact) mass is 428 g/mol. The van der Waals surface area contributed by atoms with Crippen LogP contribution in [0.2, 0.25) is 0 Å². The zero-order valence-electron chi connectivity index (χ0n) is 16.9. The number of methoxy groups -OCH3 is 1. The van der Waals surface area contributed by atoms with Crippen molar-refractivity contribution in [2.24, 2.45) is 5.73 Å². The molecule has 2 aromatic carbocycles. The molecule has 2 amide bonds. The van der Waals surface area contributed by atoms with Crippen LogP contribution < -0.4 is 15.5 Å². The van der Waals surface area contributed by atoms with Crippen molar-refractivity contribution < 1.29 is 18.5 Å². The number of hydrogen-bond acceptors (Lipinski definition) is 5. The lowest BCUT2D eigenvalue weighted by molar-refractivity contribution is -0.140. The molecule has 1 fully saturated rings. The molecule has 1 aliphatic heterocycles. The molecule has 1 aliphatic rings. The van der Waals surface area contributed by atoms with Crippen molar-refractivity contribution in [3.63, 3.8) is 0 Å². The minimum absolute atomic E-state index is 0.0294. The van der Waals surface area contributed by atoms with Crippen molar-refractivity contribution in [1.29, 1.82) is 5.41 Å². The fourth-order valence-electron chi connectivity index (χ4n) is 3.34. The molecule has 0 radical (unpaired) electrons. The largest absolute Gasteiger partial charge is 0.469 e. The van der Waals surface area contributed by atoms with E-state index in [1.54, 1.807) is 52.5 Å². The van der Waals surface area contributed by atoms with Gasteiger partial charge in [0.1, 0.15) is 5.84 Å². The highest BCUT2D eigenvalue weighted by Gasteiger charge is 2.32. The van der Waals surface area contributed by atoms with Crippen LogP contribution >= 0.6 is 0 Å². The average Bonchev–Trinajstić information content (AvgIpc) is 3.12. The summed E-state index contributed by atoms with van der Waals surface area (Å²) in [7, 11) is 0.0356. The molecule has 0 spiro atoms. The molecule has 0 bridgehead atoms. The van der Waals surface area contributed by atoms with E-state index in [2.05, 4.69) is 4.74 Å². The van der Waals surface area contributed by atoms with Crippen molar-refractivity contribution in [3.05, 3.63) is 53.6 Å². The first kappa shape index (κ1) is 21.5. The number of hydrogen-bond donors (Lipinski definition) is 2. The highest BCUT2D eigenvalue weighted by Crippen LogP contribution is 2.30. The number of aryl methyl sites for hydroxylation is 1. The van der Waals surface area contributed by atoms with Gasteiger partial charge in [-0.3, -0.25) is 24.2 Å². The number of amides is 2. The molecular weight excluding hydrogens is 404 g/mol. The number of amidine groups is 1. The summed E-state index contributed by atoms with van der Waals surface area (Å²) in [5.74, 6) is -0.335. The molecule has 3 rings (SSSR count). The Morgan fingerprint density at radius 1 is 1.17 bits per heavy atom. The number of nitrogens with two attached hydrogens (primary N) is 1. The summed E-state index contributed by atoms with van der Waals surface area (Å²) in [6.45, 7) is 0.942. The number of nitrogen functional groups attached to an aromatic ring is 1. The lowest BCUT2D eigenvalue weighted by Gasteiger charge is -2.21. The number of carbonyl (C=O) groups is 2. The van der Waals surface area contributed by atoms with Crippen molar-refractivity contribution in [1.82, 2.24) is 0 Å². The van der Waals surface area contributed by atoms with Gasteiger partial charge in [0, 0.05) is 37.0 Å². The molecule has 0 aromatic heterocycles. The molecule has 158 valence electrons. The van der Waals surface area contributed by atoms with E-state index in [-0.39, 0.29) is 24.3 Å². The maximum Gasteiger partial charge on any atom is 0.329 e. The van der Waals surface area contributed by atoms with Crippen molar-refractivity contribution in [2.45, 2.75) is 17.7 Å². The molecule has 8 nitrogen and oxygen atoms in total. The molecule has 1 heterocycles. The number of carbonyl (C=O) groups excluding carboxylic acids is 2. The van der Waals surface area contributed by atoms with Crippen LogP contribution in [0.4, 0.5) is 16.2 Å². The zero-order chi connectivity index (χ0) is 21.8. The summed E-state index contributed by atoms with van der Waals surface area (Å²) in [6.07, 6.45) is 2.28. The fourth-order valence-corrected chi connectivity index (χ4v) is 4.13. The second-order valence-electron chi connectivity index (χ2n) is 6.88. The van der Waals surface area contributed by atoms with E-state index in [1.807, 2.05) is 6.07 Å². The number of ether oxygens (including phenoxy) is 1. The molecule has 2 aromatic rings. The molecule has 1 atom stereocenters. The van der Waals surface area contributed by atoms with Gasteiger partial charge in [0.15, 0.2) is 0 Å². The van der Waals surface area contributed by atoms with Gasteiger partial charge >= 0.3 is 12.0 Å². The summed E-state index contributed by atoms with van der Waals surface area (Å²) < 4.78 is 17.0. The van der Waals surface area contributed by atoms with Crippen LogP contribution in [0.5, 0.6) is 0 Å².